The summed E-state index contributed by atoms with van der Waals surface area (Å²) in [6.45, 7) is 0. The zero-order valence-corrected chi connectivity index (χ0v) is 9.24. The van der Waals surface area contributed by atoms with Gasteiger partial charge in [-0.15, -0.1) is 0 Å². The van der Waals surface area contributed by atoms with Crippen LogP contribution in [-0.2, 0) is 11.0 Å². The SMILES string of the molecule is O=C(Nc1ccc(F)c(C(F)(F)F)c1)C(F)(F)C(F)F. The van der Waals surface area contributed by atoms with Gasteiger partial charge < -0.3 is 5.32 Å². The molecule has 10 heteroatoms. The molecule has 0 heterocycles. The van der Waals surface area contributed by atoms with Crippen molar-refractivity contribution in [3.8, 4) is 0 Å². The van der Waals surface area contributed by atoms with Gasteiger partial charge in [0, 0.05) is 5.69 Å². The summed E-state index contributed by atoms with van der Waals surface area (Å²) in [5, 5.41) is 1.17. The van der Waals surface area contributed by atoms with Crippen LogP contribution in [0.5, 0.6) is 0 Å². The Bertz CT molecular complexity index is 510. The highest BCUT2D eigenvalue weighted by atomic mass is 19.4. The van der Waals surface area contributed by atoms with Gasteiger partial charge in [-0.05, 0) is 18.2 Å². The Labute approximate surface area is 106 Å². The lowest BCUT2D eigenvalue weighted by molar-refractivity contribution is -0.163. The van der Waals surface area contributed by atoms with E-state index in [9.17, 15) is 39.9 Å². The molecule has 0 atom stereocenters. The standard InChI is InChI=1S/C10H5F8NO/c11-6-2-1-4(3-5(6)10(16,17)18)19-8(20)9(14,15)7(12)13/h1-3,7H,(H,19,20). The summed E-state index contributed by atoms with van der Waals surface area (Å²) in [7, 11) is 0. The molecular formula is C10H5F8NO. The van der Waals surface area contributed by atoms with E-state index < -0.39 is 41.5 Å². The number of amides is 1. The molecule has 0 fully saturated rings. The number of anilines is 1. The number of hydrogen-bond donors (Lipinski definition) is 1. The van der Waals surface area contributed by atoms with Gasteiger partial charge in [0.25, 0.3) is 0 Å². The largest absolute Gasteiger partial charge is 0.419 e. The van der Waals surface area contributed by atoms with Gasteiger partial charge in [0.05, 0.1) is 5.56 Å². The summed E-state index contributed by atoms with van der Waals surface area (Å²) in [5.41, 5.74) is -2.71. The molecule has 0 aliphatic carbocycles. The van der Waals surface area contributed by atoms with Crippen molar-refractivity contribution >= 4 is 11.6 Å². The van der Waals surface area contributed by atoms with E-state index in [0.29, 0.717) is 6.07 Å². The molecule has 1 rings (SSSR count). The Balaban J connectivity index is 3.04. The fourth-order valence-corrected chi connectivity index (χ4v) is 1.13. The lowest BCUT2D eigenvalue weighted by Gasteiger charge is -2.16. The molecule has 0 aliphatic heterocycles. The lowest BCUT2D eigenvalue weighted by Crippen LogP contribution is -2.41. The van der Waals surface area contributed by atoms with Crippen LogP contribution in [0.3, 0.4) is 0 Å². The molecule has 1 aromatic carbocycles. The van der Waals surface area contributed by atoms with Gasteiger partial charge in [0.1, 0.15) is 5.82 Å². The summed E-state index contributed by atoms with van der Waals surface area (Å²) in [5.74, 6) is -9.27. The number of rotatable bonds is 3. The van der Waals surface area contributed by atoms with E-state index in [1.807, 2.05) is 0 Å². The van der Waals surface area contributed by atoms with Gasteiger partial charge in [0.15, 0.2) is 0 Å². The van der Waals surface area contributed by atoms with Crippen molar-refractivity contribution in [2.45, 2.75) is 18.5 Å². The maximum absolute atomic E-state index is 12.9. The second-order valence-corrected chi connectivity index (χ2v) is 3.57. The van der Waals surface area contributed by atoms with Crippen molar-refractivity contribution in [2.75, 3.05) is 5.32 Å². The fourth-order valence-electron chi connectivity index (χ4n) is 1.13. The average Bonchev–Trinajstić information content (AvgIpc) is 2.29. The predicted molar refractivity (Wildman–Crippen MR) is 51.0 cm³/mol. The summed E-state index contributed by atoms with van der Waals surface area (Å²) < 4.78 is 98.6. The van der Waals surface area contributed by atoms with E-state index in [1.165, 1.54) is 5.32 Å². The molecule has 1 aromatic rings. The van der Waals surface area contributed by atoms with Gasteiger partial charge in [-0.25, -0.2) is 13.2 Å². The number of alkyl halides is 7. The Morgan fingerprint density at radius 1 is 1.10 bits per heavy atom. The number of carbonyl (C=O) groups excluding carboxylic acids is 1. The summed E-state index contributed by atoms with van der Waals surface area (Å²) in [6.07, 6.45) is -9.46. The Hall–Kier alpha value is -1.87. The zero-order valence-electron chi connectivity index (χ0n) is 9.24. The van der Waals surface area contributed by atoms with Crippen LogP contribution in [0, 0.1) is 5.82 Å². The molecule has 0 bridgehead atoms. The molecular weight excluding hydrogens is 302 g/mol. The molecule has 112 valence electrons. The van der Waals surface area contributed by atoms with E-state index in [-0.39, 0.29) is 12.1 Å². The van der Waals surface area contributed by atoms with Crippen LogP contribution in [0.25, 0.3) is 0 Å². The molecule has 0 unspecified atom stereocenters. The van der Waals surface area contributed by atoms with Crippen molar-refractivity contribution in [3.63, 3.8) is 0 Å². The van der Waals surface area contributed by atoms with E-state index in [4.69, 9.17) is 0 Å². The Morgan fingerprint density at radius 3 is 2.10 bits per heavy atom. The minimum absolute atomic E-state index is 0.0226. The van der Waals surface area contributed by atoms with E-state index in [2.05, 4.69) is 0 Å². The van der Waals surface area contributed by atoms with Gasteiger partial charge in [0.2, 0.25) is 0 Å². The summed E-state index contributed by atoms with van der Waals surface area (Å²) >= 11 is 0. The quantitative estimate of drug-likeness (QED) is 0.848. The van der Waals surface area contributed by atoms with Crippen LogP contribution in [0.1, 0.15) is 5.56 Å². The molecule has 0 aliphatic rings. The molecule has 0 saturated heterocycles. The van der Waals surface area contributed by atoms with Crippen LogP contribution in [-0.4, -0.2) is 18.3 Å². The first kappa shape index (κ1) is 16.2. The Kier molecular flexibility index (Phi) is 4.25. The fraction of sp³-hybridized carbons (Fsp3) is 0.300. The van der Waals surface area contributed by atoms with Crippen LogP contribution >= 0.6 is 0 Å². The van der Waals surface area contributed by atoms with Gasteiger partial charge in [-0.3, -0.25) is 4.79 Å². The van der Waals surface area contributed by atoms with Gasteiger partial charge in [-0.1, -0.05) is 0 Å². The first-order valence-corrected chi connectivity index (χ1v) is 4.80. The topological polar surface area (TPSA) is 29.1 Å². The second-order valence-electron chi connectivity index (χ2n) is 3.57. The van der Waals surface area contributed by atoms with Crippen LogP contribution in [0.4, 0.5) is 40.8 Å². The number of benzene rings is 1. The molecule has 0 spiro atoms. The first-order valence-electron chi connectivity index (χ1n) is 4.80. The molecule has 1 N–H and O–H groups in total. The van der Waals surface area contributed by atoms with E-state index in [1.54, 1.807) is 0 Å². The third-order valence-electron chi connectivity index (χ3n) is 2.11. The summed E-state index contributed by atoms with van der Waals surface area (Å²) in [6, 6.07) is 0.817. The predicted octanol–water partition coefficient (Wildman–Crippen LogP) is 3.68. The minimum atomic E-state index is -5.13. The first-order chi connectivity index (χ1) is 8.96. The minimum Gasteiger partial charge on any atom is -0.321 e. The molecule has 2 nitrogen and oxygen atoms in total. The van der Waals surface area contributed by atoms with Crippen molar-refractivity contribution in [3.05, 3.63) is 29.6 Å². The second kappa shape index (κ2) is 5.25. The van der Waals surface area contributed by atoms with Gasteiger partial charge >= 0.3 is 24.4 Å². The zero-order chi connectivity index (χ0) is 15.7. The Morgan fingerprint density at radius 2 is 1.65 bits per heavy atom. The molecule has 20 heavy (non-hydrogen) atoms. The lowest BCUT2D eigenvalue weighted by atomic mass is 10.1. The van der Waals surface area contributed by atoms with Crippen molar-refractivity contribution in [1.29, 1.82) is 0 Å². The van der Waals surface area contributed by atoms with Crippen molar-refractivity contribution in [2.24, 2.45) is 0 Å². The number of hydrogen-bond acceptors (Lipinski definition) is 1. The number of halogens is 8. The monoisotopic (exact) mass is 307 g/mol. The van der Waals surface area contributed by atoms with Crippen molar-refractivity contribution in [1.82, 2.24) is 0 Å². The van der Waals surface area contributed by atoms with Crippen molar-refractivity contribution < 1.29 is 39.9 Å². The maximum atomic E-state index is 12.9. The normalized spacial score (nSPS) is 12.7. The molecule has 0 aromatic heterocycles. The smallest absolute Gasteiger partial charge is 0.321 e. The molecule has 0 saturated carbocycles. The highest BCUT2D eigenvalue weighted by Gasteiger charge is 2.49. The molecule has 0 radical (unpaired) electrons. The average molecular weight is 307 g/mol. The van der Waals surface area contributed by atoms with E-state index in [0.717, 1.165) is 0 Å². The van der Waals surface area contributed by atoms with E-state index >= 15 is 0 Å². The highest BCUT2D eigenvalue weighted by molar-refractivity contribution is 5.96. The number of nitrogens with one attached hydrogen (secondary N) is 1. The summed E-state index contributed by atoms with van der Waals surface area (Å²) in [4.78, 5) is 10.8. The maximum Gasteiger partial charge on any atom is 0.419 e. The van der Waals surface area contributed by atoms with Gasteiger partial charge in [-0.2, -0.15) is 22.0 Å². The highest BCUT2D eigenvalue weighted by Crippen LogP contribution is 2.33. The third-order valence-corrected chi connectivity index (χ3v) is 2.11. The van der Waals surface area contributed by atoms with Crippen LogP contribution in [0.2, 0.25) is 0 Å². The number of carbonyl (C=O) groups is 1. The molecule has 1 amide bonds. The van der Waals surface area contributed by atoms with Crippen LogP contribution in [0.15, 0.2) is 18.2 Å². The third kappa shape index (κ3) is 3.36. The van der Waals surface area contributed by atoms with Crippen LogP contribution < -0.4 is 5.32 Å².